The number of thioether (sulfide) groups is 1. The van der Waals surface area contributed by atoms with Crippen molar-refractivity contribution in [1.29, 1.82) is 0 Å². The summed E-state index contributed by atoms with van der Waals surface area (Å²) in [5, 5.41) is -0.126. The van der Waals surface area contributed by atoms with Crippen molar-refractivity contribution in [2.24, 2.45) is 0 Å². The molecule has 0 bridgehead atoms. The lowest BCUT2D eigenvalue weighted by molar-refractivity contribution is -0.118. The summed E-state index contributed by atoms with van der Waals surface area (Å²) in [6, 6.07) is 11.6. The number of carbonyl (C=O) groups excluding carboxylic acids is 1. The number of methoxy groups -OCH3 is 1. The van der Waals surface area contributed by atoms with Crippen LogP contribution in [0.4, 0.5) is 5.69 Å². The van der Waals surface area contributed by atoms with E-state index in [1.165, 1.54) is 0 Å². The summed E-state index contributed by atoms with van der Waals surface area (Å²) in [7, 11) is 1.65. The number of ether oxygens (including phenoxy) is 3. The third-order valence-electron chi connectivity index (χ3n) is 4.15. The van der Waals surface area contributed by atoms with Gasteiger partial charge < -0.3 is 19.1 Å². The van der Waals surface area contributed by atoms with Crippen LogP contribution in [-0.4, -0.2) is 25.1 Å². The van der Waals surface area contributed by atoms with Gasteiger partial charge in [0.15, 0.2) is 11.5 Å². The van der Waals surface area contributed by atoms with E-state index >= 15 is 0 Å². The van der Waals surface area contributed by atoms with Crippen molar-refractivity contribution in [3.8, 4) is 17.2 Å². The lowest BCUT2D eigenvalue weighted by atomic mass is 10.1. The van der Waals surface area contributed by atoms with Gasteiger partial charge in [0.1, 0.15) is 5.75 Å². The lowest BCUT2D eigenvalue weighted by Gasteiger charge is -2.32. The molecule has 4 rings (SSSR count). The van der Waals surface area contributed by atoms with E-state index in [1.807, 2.05) is 48.2 Å². The van der Waals surface area contributed by atoms with E-state index < -0.39 is 0 Å². The molecule has 0 radical (unpaired) electrons. The van der Waals surface area contributed by atoms with Crippen molar-refractivity contribution in [1.82, 2.24) is 0 Å². The van der Waals surface area contributed by atoms with E-state index in [-0.39, 0.29) is 18.0 Å². The Morgan fingerprint density at radius 3 is 2.88 bits per heavy atom. The Morgan fingerprint density at radius 2 is 2.04 bits per heavy atom. The number of rotatable bonds is 3. The molecule has 0 saturated heterocycles. The minimum atomic E-state index is -0.126. The second kappa shape index (κ2) is 5.94. The summed E-state index contributed by atoms with van der Waals surface area (Å²) in [6.45, 7) is 2.68. The highest BCUT2D eigenvalue weighted by atomic mass is 32.2. The van der Waals surface area contributed by atoms with Crippen LogP contribution < -0.4 is 19.1 Å². The van der Waals surface area contributed by atoms with Gasteiger partial charge in [0.05, 0.1) is 24.6 Å². The van der Waals surface area contributed by atoms with Gasteiger partial charge >= 0.3 is 0 Å². The zero-order chi connectivity index (χ0) is 16.7. The molecule has 6 heteroatoms. The molecule has 1 unspecified atom stereocenters. The van der Waals surface area contributed by atoms with E-state index in [9.17, 15) is 4.79 Å². The second-order valence-corrected chi connectivity index (χ2v) is 7.09. The number of nitrogens with zero attached hydrogens (tertiary/aromatic N) is 1. The predicted octanol–water partition coefficient (Wildman–Crippen LogP) is 3.45. The predicted molar refractivity (Wildman–Crippen MR) is 92.1 cm³/mol. The molecule has 5 nitrogen and oxygen atoms in total. The summed E-state index contributed by atoms with van der Waals surface area (Å²) < 4.78 is 16.1. The highest BCUT2D eigenvalue weighted by molar-refractivity contribution is 8.01. The second-order valence-electron chi connectivity index (χ2n) is 5.71. The zero-order valence-electron chi connectivity index (χ0n) is 13.4. The number of anilines is 1. The van der Waals surface area contributed by atoms with Gasteiger partial charge in [-0.25, -0.2) is 0 Å². The van der Waals surface area contributed by atoms with Crippen LogP contribution in [0.1, 0.15) is 12.5 Å². The Bertz CT molecular complexity index is 808. The van der Waals surface area contributed by atoms with Crippen molar-refractivity contribution in [2.75, 3.05) is 18.8 Å². The molecule has 2 aliphatic rings. The molecule has 0 saturated carbocycles. The number of fused-ring (bicyclic) bond motifs is 2. The minimum Gasteiger partial charge on any atom is -0.497 e. The number of hydrogen-bond donors (Lipinski definition) is 0. The highest BCUT2D eigenvalue weighted by Crippen LogP contribution is 2.42. The van der Waals surface area contributed by atoms with E-state index in [1.54, 1.807) is 18.9 Å². The Morgan fingerprint density at radius 1 is 1.21 bits per heavy atom. The van der Waals surface area contributed by atoms with Crippen molar-refractivity contribution in [3.05, 3.63) is 42.0 Å². The van der Waals surface area contributed by atoms with E-state index in [0.717, 1.165) is 33.4 Å². The largest absolute Gasteiger partial charge is 0.497 e. The summed E-state index contributed by atoms with van der Waals surface area (Å²) in [6.07, 6.45) is 0. The molecule has 0 spiro atoms. The van der Waals surface area contributed by atoms with Gasteiger partial charge in [-0.05, 0) is 42.8 Å². The zero-order valence-corrected chi connectivity index (χ0v) is 14.3. The highest BCUT2D eigenvalue weighted by Gasteiger charge is 2.31. The Labute approximate surface area is 144 Å². The molecule has 124 valence electrons. The molecule has 24 heavy (non-hydrogen) atoms. The Hall–Kier alpha value is -2.34. The smallest absolute Gasteiger partial charge is 0.240 e. The van der Waals surface area contributed by atoms with Gasteiger partial charge in [0.25, 0.3) is 0 Å². The number of benzene rings is 2. The molecule has 2 aliphatic heterocycles. The first-order valence-electron chi connectivity index (χ1n) is 7.70. The first-order chi connectivity index (χ1) is 11.7. The summed E-state index contributed by atoms with van der Waals surface area (Å²) in [5.41, 5.74) is 1.93. The molecule has 2 heterocycles. The van der Waals surface area contributed by atoms with Crippen LogP contribution in [0.5, 0.6) is 17.2 Å². The first kappa shape index (κ1) is 15.2. The Kier molecular flexibility index (Phi) is 3.76. The third kappa shape index (κ3) is 2.57. The number of carbonyl (C=O) groups is 1. The van der Waals surface area contributed by atoms with Crippen LogP contribution in [0.15, 0.2) is 41.3 Å². The van der Waals surface area contributed by atoms with Crippen LogP contribution in [0.25, 0.3) is 0 Å². The topological polar surface area (TPSA) is 48.0 Å². The monoisotopic (exact) mass is 343 g/mol. The number of amides is 1. The fraction of sp³-hybridized carbons (Fsp3) is 0.278. The van der Waals surface area contributed by atoms with Gasteiger partial charge in [-0.15, -0.1) is 11.8 Å². The average molecular weight is 343 g/mol. The van der Waals surface area contributed by atoms with Gasteiger partial charge in [0, 0.05) is 4.90 Å². The van der Waals surface area contributed by atoms with Crippen LogP contribution in [0.2, 0.25) is 0 Å². The van der Waals surface area contributed by atoms with Crippen LogP contribution in [0, 0.1) is 0 Å². The van der Waals surface area contributed by atoms with Crippen LogP contribution in [-0.2, 0) is 11.3 Å². The molecule has 2 aromatic carbocycles. The van der Waals surface area contributed by atoms with Gasteiger partial charge in [0.2, 0.25) is 12.7 Å². The normalized spacial score (nSPS) is 18.5. The maximum absolute atomic E-state index is 12.7. The number of hydrogen-bond acceptors (Lipinski definition) is 5. The quantitative estimate of drug-likeness (QED) is 0.854. The first-order valence-corrected chi connectivity index (χ1v) is 8.58. The van der Waals surface area contributed by atoms with Crippen molar-refractivity contribution >= 4 is 23.4 Å². The van der Waals surface area contributed by atoms with Gasteiger partial charge in [-0.3, -0.25) is 4.79 Å². The van der Waals surface area contributed by atoms with E-state index in [2.05, 4.69) is 0 Å². The summed E-state index contributed by atoms with van der Waals surface area (Å²) in [5.74, 6) is 2.38. The molecule has 0 N–H and O–H groups in total. The fourth-order valence-electron chi connectivity index (χ4n) is 2.90. The van der Waals surface area contributed by atoms with E-state index in [4.69, 9.17) is 14.2 Å². The maximum atomic E-state index is 12.7. The molecular weight excluding hydrogens is 326 g/mol. The molecule has 0 aliphatic carbocycles. The third-order valence-corrected chi connectivity index (χ3v) is 5.29. The van der Waals surface area contributed by atoms with Gasteiger partial charge in [-0.1, -0.05) is 6.07 Å². The maximum Gasteiger partial charge on any atom is 0.240 e. The molecule has 1 amide bonds. The van der Waals surface area contributed by atoms with Crippen molar-refractivity contribution in [3.63, 3.8) is 0 Å². The van der Waals surface area contributed by atoms with Crippen LogP contribution in [0.3, 0.4) is 0 Å². The van der Waals surface area contributed by atoms with Crippen molar-refractivity contribution in [2.45, 2.75) is 23.6 Å². The summed E-state index contributed by atoms with van der Waals surface area (Å²) >= 11 is 1.57. The molecule has 1 atom stereocenters. The molecule has 0 fully saturated rings. The SMILES string of the molecule is COc1ccc2c(c1)SC(C)C(=O)N2Cc1ccc2c(c1)OCO2. The van der Waals surface area contributed by atoms with Crippen LogP contribution >= 0.6 is 11.8 Å². The fourth-order valence-corrected chi connectivity index (χ4v) is 3.99. The minimum absolute atomic E-state index is 0.107. The average Bonchev–Trinajstić information content (AvgIpc) is 3.06. The van der Waals surface area contributed by atoms with Gasteiger partial charge in [-0.2, -0.15) is 0 Å². The Balaban J connectivity index is 1.68. The molecular formula is C18H17NO4S. The van der Waals surface area contributed by atoms with E-state index in [0.29, 0.717) is 6.54 Å². The van der Waals surface area contributed by atoms with Crippen molar-refractivity contribution < 1.29 is 19.0 Å². The molecule has 0 aromatic heterocycles. The summed E-state index contributed by atoms with van der Waals surface area (Å²) in [4.78, 5) is 15.6. The standard InChI is InChI=1S/C18H17NO4S/c1-11-18(20)19(14-5-4-13(21-2)8-17(14)24-11)9-12-3-6-15-16(7-12)23-10-22-15/h3-8,11H,9-10H2,1-2H3. The molecule has 2 aromatic rings. The lowest BCUT2D eigenvalue weighted by Crippen LogP contribution is -2.39.